The number of aryl methyl sites for hydroxylation is 1. The lowest BCUT2D eigenvalue weighted by molar-refractivity contribution is 0.571. The lowest BCUT2D eigenvalue weighted by Crippen LogP contribution is -2.40. The Morgan fingerprint density at radius 1 is 1.32 bits per heavy atom. The molecular formula is C14H22N2O2S. The maximum atomic E-state index is 12.4. The number of anilines is 1. The summed E-state index contributed by atoms with van der Waals surface area (Å²) in [6.07, 6.45) is 1.86. The third-order valence-electron chi connectivity index (χ3n) is 3.32. The van der Waals surface area contributed by atoms with Crippen molar-refractivity contribution in [2.45, 2.75) is 32.7 Å². The fourth-order valence-corrected chi connectivity index (χ4v) is 3.86. The zero-order chi connectivity index (χ0) is 13.9. The first kappa shape index (κ1) is 14.3. The van der Waals surface area contributed by atoms with Crippen molar-refractivity contribution in [3.63, 3.8) is 0 Å². The molecule has 1 aromatic rings. The minimum Gasteiger partial charge on any atom is -0.313 e. The van der Waals surface area contributed by atoms with Gasteiger partial charge in [0.15, 0.2) is 0 Å². The molecule has 1 N–H and O–H groups in total. The summed E-state index contributed by atoms with van der Waals surface area (Å²) >= 11 is 0. The summed E-state index contributed by atoms with van der Waals surface area (Å²) in [5.74, 6) is 0.152. The Morgan fingerprint density at radius 2 is 2.05 bits per heavy atom. The number of nitrogens with one attached hydrogen (secondary N) is 1. The summed E-state index contributed by atoms with van der Waals surface area (Å²) in [4.78, 5) is 0. The van der Waals surface area contributed by atoms with E-state index in [-0.39, 0.29) is 5.75 Å². The maximum Gasteiger partial charge on any atom is 0.236 e. The van der Waals surface area contributed by atoms with E-state index < -0.39 is 10.0 Å². The standard InChI is InChI=1S/C14H22N2O2S/c1-12(2)15-9-11-19(17,18)16-10-5-7-13-6-3-4-8-14(13)16/h3-4,6,8,12,15H,5,7,9-11H2,1-2H3. The van der Waals surface area contributed by atoms with Gasteiger partial charge in [0.2, 0.25) is 10.0 Å². The van der Waals surface area contributed by atoms with Crippen molar-refractivity contribution in [1.29, 1.82) is 0 Å². The monoisotopic (exact) mass is 282 g/mol. The van der Waals surface area contributed by atoms with Gasteiger partial charge in [-0.15, -0.1) is 0 Å². The molecule has 0 unspecified atom stereocenters. The molecule has 0 aliphatic carbocycles. The van der Waals surface area contributed by atoms with E-state index >= 15 is 0 Å². The van der Waals surface area contributed by atoms with Crippen LogP contribution in [0.15, 0.2) is 24.3 Å². The second kappa shape index (κ2) is 5.92. The molecular weight excluding hydrogens is 260 g/mol. The average Bonchev–Trinajstić information content (AvgIpc) is 2.37. The topological polar surface area (TPSA) is 49.4 Å². The number of hydrogen-bond donors (Lipinski definition) is 1. The Labute approximate surface area is 115 Å². The molecule has 19 heavy (non-hydrogen) atoms. The van der Waals surface area contributed by atoms with Crippen LogP contribution in [-0.2, 0) is 16.4 Å². The molecule has 0 bridgehead atoms. The predicted octanol–water partition coefficient (Wildman–Crippen LogP) is 1.77. The quantitative estimate of drug-likeness (QED) is 0.895. The smallest absolute Gasteiger partial charge is 0.236 e. The summed E-state index contributed by atoms with van der Waals surface area (Å²) < 4.78 is 26.4. The van der Waals surface area contributed by atoms with Crippen LogP contribution in [0.1, 0.15) is 25.8 Å². The van der Waals surface area contributed by atoms with Gasteiger partial charge in [0, 0.05) is 19.1 Å². The van der Waals surface area contributed by atoms with Crippen molar-refractivity contribution in [3.05, 3.63) is 29.8 Å². The van der Waals surface area contributed by atoms with Gasteiger partial charge in [-0.3, -0.25) is 4.31 Å². The molecule has 0 amide bonds. The highest BCUT2D eigenvalue weighted by atomic mass is 32.2. The van der Waals surface area contributed by atoms with Crippen LogP contribution < -0.4 is 9.62 Å². The van der Waals surface area contributed by atoms with Gasteiger partial charge in [0.05, 0.1) is 11.4 Å². The molecule has 1 heterocycles. The summed E-state index contributed by atoms with van der Waals surface area (Å²) in [5.41, 5.74) is 1.99. The van der Waals surface area contributed by atoms with Crippen LogP contribution in [0.5, 0.6) is 0 Å². The van der Waals surface area contributed by atoms with Gasteiger partial charge < -0.3 is 5.32 Å². The molecule has 1 aliphatic rings. The minimum absolute atomic E-state index is 0.152. The number of rotatable bonds is 5. The van der Waals surface area contributed by atoms with E-state index in [4.69, 9.17) is 0 Å². The van der Waals surface area contributed by atoms with Crippen molar-refractivity contribution in [2.75, 3.05) is 23.1 Å². The van der Waals surface area contributed by atoms with Gasteiger partial charge in [-0.1, -0.05) is 32.0 Å². The molecule has 0 atom stereocenters. The van der Waals surface area contributed by atoms with Crippen molar-refractivity contribution in [2.24, 2.45) is 0 Å². The highest BCUT2D eigenvalue weighted by Crippen LogP contribution is 2.28. The average molecular weight is 282 g/mol. The highest BCUT2D eigenvalue weighted by Gasteiger charge is 2.26. The van der Waals surface area contributed by atoms with Crippen molar-refractivity contribution < 1.29 is 8.42 Å². The second-order valence-electron chi connectivity index (χ2n) is 5.23. The zero-order valence-electron chi connectivity index (χ0n) is 11.6. The molecule has 2 rings (SSSR count). The van der Waals surface area contributed by atoms with E-state index in [1.165, 1.54) is 0 Å². The van der Waals surface area contributed by atoms with Gasteiger partial charge >= 0.3 is 0 Å². The second-order valence-corrected chi connectivity index (χ2v) is 7.24. The molecule has 0 saturated heterocycles. The molecule has 0 aromatic heterocycles. The number of para-hydroxylation sites is 1. The van der Waals surface area contributed by atoms with Crippen molar-refractivity contribution in [1.82, 2.24) is 5.32 Å². The van der Waals surface area contributed by atoms with E-state index in [1.807, 2.05) is 38.1 Å². The van der Waals surface area contributed by atoms with Crippen molar-refractivity contribution >= 4 is 15.7 Å². The molecule has 0 radical (unpaired) electrons. The first-order chi connectivity index (χ1) is 9.00. The Hall–Kier alpha value is -1.07. The summed E-state index contributed by atoms with van der Waals surface area (Å²) in [6.45, 7) is 5.13. The maximum absolute atomic E-state index is 12.4. The first-order valence-corrected chi connectivity index (χ1v) is 8.43. The molecule has 0 saturated carbocycles. The molecule has 0 spiro atoms. The van der Waals surface area contributed by atoms with Crippen LogP contribution in [0.25, 0.3) is 0 Å². The summed E-state index contributed by atoms with van der Waals surface area (Å²) in [6, 6.07) is 8.10. The van der Waals surface area contributed by atoms with E-state index in [0.29, 0.717) is 19.1 Å². The number of benzene rings is 1. The Morgan fingerprint density at radius 3 is 2.79 bits per heavy atom. The lowest BCUT2D eigenvalue weighted by atomic mass is 10.0. The number of hydrogen-bond acceptors (Lipinski definition) is 3. The van der Waals surface area contributed by atoms with Gasteiger partial charge in [-0.25, -0.2) is 8.42 Å². The van der Waals surface area contributed by atoms with Gasteiger partial charge in [-0.2, -0.15) is 0 Å². The van der Waals surface area contributed by atoms with E-state index in [0.717, 1.165) is 24.1 Å². The number of sulfonamides is 1. The van der Waals surface area contributed by atoms with Crippen LogP contribution in [0.2, 0.25) is 0 Å². The van der Waals surface area contributed by atoms with Crippen LogP contribution in [-0.4, -0.2) is 33.3 Å². The molecule has 1 aromatic carbocycles. The van der Waals surface area contributed by atoms with E-state index in [1.54, 1.807) is 4.31 Å². The van der Waals surface area contributed by atoms with Gasteiger partial charge in [-0.05, 0) is 24.5 Å². The zero-order valence-corrected chi connectivity index (χ0v) is 12.4. The summed E-state index contributed by atoms with van der Waals surface area (Å²) in [7, 11) is -3.22. The molecule has 5 heteroatoms. The van der Waals surface area contributed by atoms with Crippen LogP contribution in [0.3, 0.4) is 0 Å². The SMILES string of the molecule is CC(C)NCCS(=O)(=O)N1CCCc2ccccc21. The lowest BCUT2D eigenvalue weighted by Gasteiger charge is -2.30. The molecule has 106 valence electrons. The van der Waals surface area contributed by atoms with Gasteiger partial charge in [0.1, 0.15) is 0 Å². The largest absolute Gasteiger partial charge is 0.313 e. The predicted molar refractivity (Wildman–Crippen MR) is 79.0 cm³/mol. The third-order valence-corrected chi connectivity index (χ3v) is 5.09. The van der Waals surface area contributed by atoms with Crippen molar-refractivity contribution in [3.8, 4) is 0 Å². The summed E-state index contributed by atoms with van der Waals surface area (Å²) in [5, 5.41) is 3.16. The van der Waals surface area contributed by atoms with Gasteiger partial charge in [0.25, 0.3) is 0 Å². The fraction of sp³-hybridized carbons (Fsp3) is 0.571. The van der Waals surface area contributed by atoms with Crippen LogP contribution in [0.4, 0.5) is 5.69 Å². The normalized spacial score (nSPS) is 15.6. The highest BCUT2D eigenvalue weighted by molar-refractivity contribution is 7.92. The Balaban J connectivity index is 2.13. The van der Waals surface area contributed by atoms with Crippen LogP contribution >= 0.6 is 0 Å². The number of fused-ring (bicyclic) bond motifs is 1. The third kappa shape index (κ3) is 3.48. The minimum atomic E-state index is -3.22. The molecule has 0 fully saturated rings. The molecule has 4 nitrogen and oxygen atoms in total. The number of nitrogens with zero attached hydrogens (tertiary/aromatic N) is 1. The van der Waals surface area contributed by atoms with Crippen LogP contribution in [0, 0.1) is 0 Å². The Kier molecular flexibility index (Phi) is 4.47. The van der Waals surface area contributed by atoms with E-state index in [2.05, 4.69) is 5.32 Å². The van der Waals surface area contributed by atoms with E-state index in [9.17, 15) is 8.42 Å². The molecule has 1 aliphatic heterocycles. The first-order valence-electron chi connectivity index (χ1n) is 6.82. The fourth-order valence-electron chi connectivity index (χ4n) is 2.37. The Bertz CT molecular complexity index is 526.